The molecule has 1 fully saturated rings. The van der Waals surface area contributed by atoms with Gasteiger partial charge in [0.25, 0.3) is 0 Å². The highest BCUT2D eigenvalue weighted by Gasteiger charge is 2.34. The fourth-order valence-electron chi connectivity index (χ4n) is 4.25. The summed E-state index contributed by atoms with van der Waals surface area (Å²) in [4.78, 5) is 35.9. The van der Waals surface area contributed by atoms with Gasteiger partial charge in [-0.25, -0.2) is 19.9 Å². The number of amides is 1. The summed E-state index contributed by atoms with van der Waals surface area (Å²) in [5.41, 5.74) is 4.54. The summed E-state index contributed by atoms with van der Waals surface area (Å²) in [7, 11) is 0. The molecule has 0 saturated carbocycles. The van der Waals surface area contributed by atoms with Gasteiger partial charge in [-0.2, -0.15) is 13.2 Å². The van der Waals surface area contributed by atoms with Crippen LogP contribution in [0.5, 0.6) is 0 Å². The number of halogens is 3. The molecule has 0 bridgehead atoms. The van der Waals surface area contributed by atoms with Crippen LogP contribution in [0.4, 0.5) is 24.9 Å². The van der Waals surface area contributed by atoms with Crippen LogP contribution in [0.3, 0.4) is 0 Å². The van der Waals surface area contributed by atoms with E-state index in [2.05, 4.69) is 35.1 Å². The van der Waals surface area contributed by atoms with E-state index in [1.54, 1.807) is 18.6 Å². The van der Waals surface area contributed by atoms with Gasteiger partial charge in [0, 0.05) is 56.9 Å². The number of rotatable bonds is 6. The third-order valence-corrected chi connectivity index (χ3v) is 6.15. The zero-order valence-electron chi connectivity index (χ0n) is 20.1. The number of alkyl halides is 3. The maximum atomic E-state index is 12.5. The number of aromatic nitrogens is 5. The quantitative estimate of drug-likeness (QED) is 0.403. The fraction of sp³-hybridized carbons (Fsp3) is 0.320. The lowest BCUT2D eigenvalue weighted by Crippen LogP contribution is -2.49. The minimum atomic E-state index is -4.48. The minimum absolute atomic E-state index is 0.279. The molecule has 0 atom stereocenters. The molecule has 0 spiro atoms. The Morgan fingerprint density at radius 3 is 2.51 bits per heavy atom. The molecule has 0 aliphatic carbocycles. The summed E-state index contributed by atoms with van der Waals surface area (Å²) in [6, 6.07) is 9.68. The zero-order chi connectivity index (χ0) is 26.0. The maximum absolute atomic E-state index is 12.5. The first-order valence-corrected chi connectivity index (χ1v) is 11.8. The Morgan fingerprint density at radius 2 is 1.78 bits per heavy atom. The SMILES string of the molecule is Cc1ncc(-c2ccc3nc(Nc4cc(CN5CCN(C(=O)CC(F)(F)F)CC5)ccn4)[nH]c3c2)cn1. The molecule has 0 radical (unpaired) electrons. The van der Waals surface area contributed by atoms with Gasteiger partial charge in [0.05, 0.1) is 11.0 Å². The number of imidazole rings is 1. The zero-order valence-corrected chi connectivity index (χ0v) is 20.1. The van der Waals surface area contributed by atoms with Crippen LogP contribution in [0, 0.1) is 6.92 Å². The van der Waals surface area contributed by atoms with Crippen LogP contribution in [-0.2, 0) is 11.3 Å². The number of fused-ring (bicyclic) bond motifs is 1. The monoisotopic (exact) mass is 510 g/mol. The van der Waals surface area contributed by atoms with Crippen LogP contribution >= 0.6 is 0 Å². The van der Waals surface area contributed by atoms with Crippen LogP contribution in [-0.4, -0.2) is 73.0 Å². The number of hydrogen-bond donors (Lipinski definition) is 2. The first kappa shape index (κ1) is 24.6. The van der Waals surface area contributed by atoms with Crippen LogP contribution in [0.25, 0.3) is 22.2 Å². The van der Waals surface area contributed by atoms with E-state index in [4.69, 9.17) is 0 Å². The lowest BCUT2D eigenvalue weighted by atomic mass is 10.1. The van der Waals surface area contributed by atoms with Gasteiger partial charge in [-0.15, -0.1) is 0 Å². The third-order valence-electron chi connectivity index (χ3n) is 6.15. The number of aromatic amines is 1. The topological polar surface area (TPSA) is 103 Å². The molecule has 4 aromatic rings. The van der Waals surface area contributed by atoms with E-state index in [1.807, 2.05) is 37.3 Å². The van der Waals surface area contributed by atoms with Gasteiger partial charge in [0.2, 0.25) is 11.9 Å². The first-order valence-electron chi connectivity index (χ1n) is 11.8. The molecule has 9 nitrogen and oxygen atoms in total. The molecular weight excluding hydrogens is 485 g/mol. The van der Waals surface area contributed by atoms with Crippen molar-refractivity contribution in [1.82, 2.24) is 34.7 Å². The number of carbonyl (C=O) groups excluding carboxylic acids is 1. The molecule has 1 aliphatic rings. The molecule has 4 heterocycles. The number of aryl methyl sites for hydroxylation is 1. The van der Waals surface area contributed by atoms with E-state index >= 15 is 0 Å². The highest BCUT2D eigenvalue weighted by atomic mass is 19.4. The molecule has 2 N–H and O–H groups in total. The number of pyridine rings is 1. The number of nitrogens with one attached hydrogen (secondary N) is 2. The molecule has 0 unspecified atom stereocenters. The number of H-pyrrole nitrogens is 1. The van der Waals surface area contributed by atoms with Crippen molar-refractivity contribution in [3.63, 3.8) is 0 Å². The predicted molar refractivity (Wildman–Crippen MR) is 132 cm³/mol. The Bertz CT molecular complexity index is 1400. The molecule has 1 aromatic carbocycles. The van der Waals surface area contributed by atoms with Gasteiger partial charge in [-0.05, 0) is 42.3 Å². The number of nitrogens with zero attached hydrogens (tertiary/aromatic N) is 6. The number of benzene rings is 1. The van der Waals surface area contributed by atoms with Crippen LogP contribution in [0.1, 0.15) is 17.8 Å². The Hall–Kier alpha value is -4.06. The number of anilines is 2. The van der Waals surface area contributed by atoms with Crippen molar-refractivity contribution in [3.8, 4) is 11.1 Å². The summed E-state index contributed by atoms with van der Waals surface area (Å²) >= 11 is 0. The van der Waals surface area contributed by atoms with Crippen molar-refractivity contribution in [3.05, 3.63) is 60.3 Å². The molecule has 1 aliphatic heterocycles. The average molecular weight is 511 g/mol. The van der Waals surface area contributed by atoms with Gasteiger partial charge < -0.3 is 15.2 Å². The molecular formula is C25H25F3N8O. The normalized spacial score (nSPS) is 14.8. The number of piperazine rings is 1. The lowest BCUT2D eigenvalue weighted by molar-refractivity contribution is -0.162. The molecule has 192 valence electrons. The van der Waals surface area contributed by atoms with E-state index in [0.29, 0.717) is 37.2 Å². The van der Waals surface area contributed by atoms with Gasteiger partial charge in [-0.3, -0.25) is 9.69 Å². The summed E-state index contributed by atoms with van der Waals surface area (Å²) in [6.45, 7) is 4.01. The largest absolute Gasteiger partial charge is 0.397 e. The molecule has 5 rings (SSSR count). The standard InChI is InChI=1S/C25H25F3N8O/c1-16-30-13-19(14-31-16)18-2-3-20-21(11-18)33-24(32-20)34-22-10-17(4-5-29-22)15-35-6-8-36(9-7-35)23(37)12-25(26,27)28/h2-5,10-11,13-14H,6-9,12,15H2,1H3,(H2,29,32,33,34). The first-order chi connectivity index (χ1) is 17.7. The minimum Gasteiger partial charge on any atom is -0.340 e. The van der Waals surface area contributed by atoms with E-state index in [9.17, 15) is 18.0 Å². The fourth-order valence-corrected chi connectivity index (χ4v) is 4.25. The molecule has 37 heavy (non-hydrogen) atoms. The van der Waals surface area contributed by atoms with Crippen LogP contribution in [0.2, 0.25) is 0 Å². The summed E-state index contributed by atoms with van der Waals surface area (Å²) in [5, 5.41) is 3.20. The Balaban J connectivity index is 1.21. The van der Waals surface area contributed by atoms with E-state index in [0.717, 1.165) is 27.7 Å². The second-order valence-corrected chi connectivity index (χ2v) is 8.96. The smallest absolute Gasteiger partial charge is 0.340 e. The Morgan fingerprint density at radius 1 is 1.03 bits per heavy atom. The predicted octanol–water partition coefficient (Wildman–Crippen LogP) is 4.06. The third kappa shape index (κ3) is 6.20. The van der Waals surface area contributed by atoms with Crippen molar-refractivity contribution in [2.24, 2.45) is 0 Å². The highest BCUT2D eigenvalue weighted by molar-refractivity contribution is 5.83. The van der Waals surface area contributed by atoms with Crippen molar-refractivity contribution < 1.29 is 18.0 Å². The van der Waals surface area contributed by atoms with E-state index in [1.165, 1.54) is 4.90 Å². The Labute approximate surface area is 210 Å². The van der Waals surface area contributed by atoms with Crippen molar-refractivity contribution in [2.45, 2.75) is 26.1 Å². The van der Waals surface area contributed by atoms with Crippen LogP contribution < -0.4 is 5.32 Å². The van der Waals surface area contributed by atoms with Crippen molar-refractivity contribution >= 4 is 28.7 Å². The van der Waals surface area contributed by atoms with Crippen LogP contribution in [0.15, 0.2) is 48.9 Å². The Kier molecular flexibility index (Phi) is 6.74. The molecule has 1 saturated heterocycles. The van der Waals surface area contributed by atoms with Crippen molar-refractivity contribution in [2.75, 3.05) is 31.5 Å². The lowest BCUT2D eigenvalue weighted by Gasteiger charge is -2.35. The van der Waals surface area contributed by atoms with Gasteiger partial charge >= 0.3 is 6.18 Å². The van der Waals surface area contributed by atoms with E-state index in [-0.39, 0.29) is 13.1 Å². The molecule has 1 amide bonds. The average Bonchev–Trinajstić information content (AvgIpc) is 3.25. The van der Waals surface area contributed by atoms with E-state index < -0.39 is 18.5 Å². The number of carbonyl (C=O) groups is 1. The summed E-state index contributed by atoms with van der Waals surface area (Å²) < 4.78 is 37.5. The summed E-state index contributed by atoms with van der Waals surface area (Å²) in [5.74, 6) is 1.01. The van der Waals surface area contributed by atoms with Gasteiger partial charge in [0.15, 0.2) is 0 Å². The van der Waals surface area contributed by atoms with Crippen molar-refractivity contribution in [1.29, 1.82) is 0 Å². The number of hydrogen-bond acceptors (Lipinski definition) is 7. The second kappa shape index (κ2) is 10.1. The maximum Gasteiger partial charge on any atom is 0.397 e. The highest BCUT2D eigenvalue weighted by Crippen LogP contribution is 2.25. The van der Waals surface area contributed by atoms with Gasteiger partial charge in [-0.1, -0.05) is 6.07 Å². The molecule has 12 heteroatoms. The molecule has 3 aromatic heterocycles. The van der Waals surface area contributed by atoms with Gasteiger partial charge in [0.1, 0.15) is 18.1 Å². The summed E-state index contributed by atoms with van der Waals surface area (Å²) in [6.07, 6.45) is -0.620. The second-order valence-electron chi connectivity index (χ2n) is 8.96.